The van der Waals surface area contributed by atoms with Crippen molar-refractivity contribution in [2.45, 2.75) is 45.6 Å². The lowest BCUT2D eigenvalue weighted by atomic mass is 9.80. The molecule has 0 aliphatic carbocycles. The maximum absolute atomic E-state index is 7.02. The number of hydrogen-bond acceptors (Lipinski definition) is 1. The van der Waals surface area contributed by atoms with Crippen LogP contribution in [0.3, 0.4) is 0 Å². The Balaban J connectivity index is 1.85. The Kier molecular flexibility index (Phi) is 5.58. The van der Waals surface area contributed by atoms with Gasteiger partial charge in [-0.25, -0.2) is 0 Å². The molecule has 3 aromatic rings. The number of rotatable bonds is 6. The van der Waals surface area contributed by atoms with E-state index in [1.165, 1.54) is 33.4 Å². The van der Waals surface area contributed by atoms with Crippen LogP contribution >= 0.6 is 0 Å². The molecule has 0 bridgehead atoms. The van der Waals surface area contributed by atoms with Crippen LogP contribution in [0.1, 0.15) is 39.8 Å². The fraction of sp³-hybridized carbons (Fsp3) is 0.280. The Bertz CT molecular complexity index is 829. The third kappa shape index (κ3) is 4.62. The van der Waals surface area contributed by atoms with Crippen molar-refractivity contribution in [1.29, 1.82) is 0 Å². The van der Waals surface area contributed by atoms with Crippen molar-refractivity contribution in [2.75, 3.05) is 0 Å². The highest BCUT2D eigenvalue weighted by atomic mass is 14.7. The molecule has 0 amide bonds. The lowest BCUT2D eigenvalue weighted by Gasteiger charge is -2.31. The van der Waals surface area contributed by atoms with E-state index in [2.05, 4.69) is 93.6 Å². The van der Waals surface area contributed by atoms with Crippen LogP contribution in [0.4, 0.5) is 0 Å². The van der Waals surface area contributed by atoms with Gasteiger partial charge in [-0.3, -0.25) is 0 Å². The van der Waals surface area contributed by atoms with E-state index in [0.717, 1.165) is 19.3 Å². The maximum Gasteiger partial charge on any atom is 0.0453 e. The van der Waals surface area contributed by atoms with Crippen LogP contribution in [-0.4, -0.2) is 0 Å². The van der Waals surface area contributed by atoms with Gasteiger partial charge in [0.1, 0.15) is 0 Å². The van der Waals surface area contributed by atoms with Gasteiger partial charge in [0, 0.05) is 5.54 Å². The van der Waals surface area contributed by atoms with E-state index in [9.17, 15) is 0 Å². The molecule has 0 aliphatic rings. The Morgan fingerprint density at radius 2 is 1.04 bits per heavy atom. The largest absolute Gasteiger partial charge is 0.321 e. The molecule has 0 saturated carbocycles. The van der Waals surface area contributed by atoms with Gasteiger partial charge < -0.3 is 5.73 Å². The lowest BCUT2D eigenvalue weighted by molar-refractivity contribution is 0.405. The molecular weight excluding hydrogens is 314 g/mol. The quantitative estimate of drug-likeness (QED) is 0.615. The Hall–Kier alpha value is -2.38. The molecule has 0 heterocycles. The van der Waals surface area contributed by atoms with Crippen molar-refractivity contribution in [3.05, 3.63) is 106 Å². The Morgan fingerprint density at radius 3 is 1.54 bits per heavy atom. The topological polar surface area (TPSA) is 26.0 Å². The summed E-state index contributed by atoms with van der Waals surface area (Å²) < 4.78 is 0. The fourth-order valence-corrected chi connectivity index (χ4v) is 3.41. The van der Waals surface area contributed by atoms with Crippen molar-refractivity contribution in [3.63, 3.8) is 0 Å². The number of nitrogens with two attached hydrogens (primary N) is 1. The molecule has 3 aromatic carbocycles. The van der Waals surface area contributed by atoms with Gasteiger partial charge in [0.25, 0.3) is 0 Å². The minimum atomic E-state index is -0.367. The smallest absolute Gasteiger partial charge is 0.0453 e. The molecule has 26 heavy (non-hydrogen) atoms. The van der Waals surface area contributed by atoms with Crippen LogP contribution in [0.15, 0.2) is 72.8 Å². The van der Waals surface area contributed by atoms with Crippen LogP contribution in [-0.2, 0) is 18.4 Å². The summed E-state index contributed by atoms with van der Waals surface area (Å²) in [5.74, 6) is 0. The normalized spacial score (nSPS) is 13.4. The Labute approximate surface area is 157 Å². The average Bonchev–Trinajstić information content (AvgIpc) is 2.64. The SMILES string of the molecule is Cc1ccc(CCC(N)(Cc2ccc(C)cc2)c2ccc(C)cc2)cc1. The predicted molar refractivity (Wildman–Crippen MR) is 111 cm³/mol. The summed E-state index contributed by atoms with van der Waals surface area (Å²) in [4.78, 5) is 0. The number of hydrogen-bond donors (Lipinski definition) is 1. The summed E-state index contributed by atoms with van der Waals surface area (Å²) in [5.41, 5.74) is 14.4. The molecule has 0 aliphatic heterocycles. The first kappa shape index (κ1) is 18.4. The van der Waals surface area contributed by atoms with Crippen LogP contribution in [0.25, 0.3) is 0 Å². The molecule has 134 valence electrons. The first-order valence-corrected chi connectivity index (χ1v) is 9.42. The predicted octanol–water partition coefficient (Wildman–Crippen LogP) is 5.64. The zero-order valence-electron chi connectivity index (χ0n) is 16.1. The summed E-state index contributed by atoms with van der Waals surface area (Å²) in [5, 5.41) is 0. The molecule has 0 fully saturated rings. The summed E-state index contributed by atoms with van der Waals surface area (Å²) in [7, 11) is 0. The van der Waals surface area contributed by atoms with Crippen LogP contribution in [0, 0.1) is 20.8 Å². The average molecular weight is 344 g/mol. The molecule has 0 saturated heterocycles. The lowest BCUT2D eigenvalue weighted by Crippen LogP contribution is -2.39. The third-order valence-corrected chi connectivity index (χ3v) is 5.25. The van der Waals surface area contributed by atoms with Crippen molar-refractivity contribution < 1.29 is 0 Å². The van der Waals surface area contributed by atoms with Crippen molar-refractivity contribution in [1.82, 2.24) is 0 Å². The van der Waals surface area contributed by atoms with Crippen LogP contribution in [0.5, 0.6) is 0 Å². The second-order valence-corrected chi connectivity index (χ2v) is 7.67. The van der Waals surface area contributed by atoms with Crippen molar-refractivity contribution in [2.24, 2.45) is 5.73 Å². The van der Waals surface area contributed by atoms with Crippen molar-refractivity contribution in [3.8, 4) is 0 Å². The molecule has 1 nitrogen and oxygen atoms in total. The van der Waals surface area contributed by atoms with Gasteiger partial charge in [0.2, 0.25) is 0 Å². The van der Waals surface area contributed by atoms with E-state index in [1.54, 1.807) is 0 Å². The second kappa shape index (κ2) is 7.88. The maximum atomic E-state index is 7.02. The van der Waals surface area contributed by atoms with Crippen LogP contribution < -0.4 is 5.73 Å². The van der Waals surface area contributed by atoms with Gasteiger partial charge in [0.05, 0.1) is 0 Å². The molecule has 0 spiro atoms. The summed E-state index contributed by atoms with van der Waals surface area (Å²) >= 11 is 0. The number of benzene rings is 3. The summed E-state index contributed by atoms with van der Waals surface area (Å²) in [6, 6.07) is 26.3. The van der Waals surface area contributed by atoms with Gasteiger partial charge in [-0.15, -0.1) is 0 Å². The zero-order valence-corrected chi connectivity index (χ0v) is 16.1. The van der Waals surface area contributed by atoms with Crippen molar-refractivity contribution >= 4 is 0 Å². The van der Waals surface area contributed by atoms with E-state index in [0.29, 0.717) is 0 Å². The molecular formula is C25H29N. The van der Waals surface area contributed by atoms with Gasteiger partial charge in [-0.05, 0) is 56.7 Å². The van der Waals surface area contributed by atoms with Gasteiger partial charge in [0.15, 0.2) is 0 Å². The highest BCUT2D eigenvalue weighted by Gasteiger charge is 2.27. The standard InChI is InChI=1S/C25H29N/c1-19-4-10-22(11-5-19)16-17-25(26,24-14-8-21(3)9-15-24)18-23-12-6-20(2)7-13-23/h4-15H,16-18,26H2,1-3H3. The second-order valence-electron chi connectivity index (χ2n) is 7.67. The molecule has 1 unspecified atom stereocenters. The molecule has 0 radical (unpaired) electrons. The minimum absolute atomic E-state index is 0.367. The van der Waals surface area contributed by atoms with E-state index < -0.39 is 0 Å². The molecule has 0 aromatic heterocycles. The fourth-order valence-electron chi connectivity index (χ4n) is 3.41. The first-order valence-electron chi connectivity index (χ1n) is 9.42. The highest BCUT2D eigenvalue weighted by molar-refractivity contribution is 5.32. The first-order chi connectivity index (χ1) is 12.4. The van der Waals surface area contributed by atoms with Crippen LogP contribution in [0.2, 0.25) is 0 Å². The Morgan fingerprint density at radius 1 is 0.615 bits per heavy atom. The van der Waals surface area contributed by atoms with E-state index in [-0.39, 0.29) is 5.54 Å². The zero-order chi connectivity index (χ0) is 18.6. The molecule has 1 heteroatoms. The monoisotopic (exact) mass is 343 g/mol. The summed E-state index contributed by atoms with van der Waals surface area (Å²) in [6.07, 6.45) is 2.76. The van der Waals surface area contributed by atoms with Gasteiger partial charge >= 0.3 is 0 Å². The van der Waals surface area contributed by atoms with E-state index in [4.69, 9.17) is 5.73 Å². The van der Waals surface area contributed by atoms with Gasteiger partial charge in [-0.1, -0.05) is 89.5 Å². The number of aryl methyl sites for hydroxylation is 4. The third-order valence-electron chi connectivity index (χ3n) is 5.25. The molecule has 2 N–H and O–H groups in total. The minimum Gasteiger partial charge on any atom is -0.321 e. The molecule has 3 rings (SSSR count). The summed E-state index contributed by atoms with van der Waals surface area (Å²) in [6.45, 7) is 6.37. The van der Waals surface area contributed by atoms with E-state index in [1.807, 2.05) is 0 Å². The van der Waals surface area contributed by atoms with E-state index >= 15 is 0 Å². The molecule has 1 atom stereocenters. The highest BCUT2D eigenvalue weighted by Crippen LogP contribution is 2.29. The van der Waals surface area contributed by atoms with Gasteiger partial charge in [-0.2, -0.15) is 0 Å².